The molecule has 0 N–H and O–H groups in total. The van der Waals surface area contributed by atoms with Gasteiger partial charge in [0.15, 0.2) is 0 Å². The van der Waals surface area contributed by atoms with Gasteiger partial charge in [-0.2, -0.15) is 13.2 Å². The summed E-state index contributed by atoms with van der Waals surface area (Å²) in [5.41, 5.74) is 0. The van der Waals surface area contributed by atoms with Gasteiger partial charge in [0.1, 0.15) is 0 Å². The maximum Gasteiger partial charge on any atom is 0.426 e. The zero-order chi connectivity index (χ0) is 13.7. The Hall–Kier alpha value is -0.590. The summed E-state index contributed by atoms with van der Waals surface area (Å²) in [4.78, 5) is 11.0. The lowest BCUT2D eigenvalue weighted by molar-refractivity contribution is -0.212. The summed E-state index contributed by atoms with van der Waals surface area (Å²) < 4.78 is 61.7. The molecule has 0 aromatic rings. The summed E-state index contributed by atoms with van der Waals surface area (Å²) >= 11 is 0. The zero-order valence-corrected chi connectivity index (χ0v) is 10.5. The molecule has 102 valence electrons. The highest BCUT2D eigenvalue weighted by molar-refractivity contribution is 7.53. The van der Waals surface area contributed by atoms with Crippen LogP contribution in [0.2, 0.25) is 0 Å². The van der Waals surface area contributed by atoms with Crippen molar-refractivity contribution in [2.24, 2.45) is 0 Å². The van der Waals surface area contributed by atoms with E-state index in [4.69, 9.17) is 0 Å². The van der Waals surface area contributed by atoms with Gasteiger partial charge < -0.3 is 9.26 Å². The molecule has 0 aliphatic heterocycles. The van der Waals surface area contributed by atoms with Crippen LogP contribution in [0.1, 0.15) is 13.8 Å². The molecule has 0 radical (unpaired) electrons. The highest BCUT2D eigenvalue weighted by Gasteiger charge is 2.50. The maximum absolute atomic E-state index is 12.5. The van der Waals surface area contributed by atoms with E-state index in [0.717, 1.165) is 6.66 Å². The van der Waals surface area contributed by atoms with E-state index in [1.54, 1.807) is 0 Å². The molecule has 17 heavy (non-hydrogen) atoms. The molecule has 0 saturated heterocycles. The fraction of sp³-hybridized carbons (Fsp3) is 0.875. The van der Waals surface area contributed by atoms with E-state index in [2.05, 4.69) is 13.8 Å². The van der Waals surface area contributed by atoms with Gasteiger partial charge in [0.05, 0.1) is 13.2 Å². The number of rotatable bonds is 6. The molecule has 0 bridgehead atoms. The van der Waals surface area contributed by atoms with Gasteiger partial charge in [-0.05, 0) is 13.8 Å². The van der Waals surface area contributed by atoms with Crippen LogP contribution in [0.25, 0.3) is 0 Å². The summed E-state index contributed by atoms with van der Waals surface area (Å²) in [7, 11) is -3.94. The van der Waals surface area contributed by atoms with Crippen molar-refractivity contribution in [3.63, 3.8) is 0 Å². The second-order valence-corrected chi connectivity index (χ2v) is 4.98. The first kappa shape index (κ1) is 16.4. The van der Waals surface area contributed by atoms with Crippen LogP contribution in [0.15, 0.2) is 0 Å². The highest BCUT2D eigenvalue weighted by atomic mass is 31.2. The van der Waals surface area contributed by atoms with Crippen LogP contribution in [0.4, 0.5) is 13.2 Å². The van der Waals surface area contributed by atoms with Crippen molar-refractivity contribution < 1.29 is 36.3 Å². The van der Waals surface area contributed by atoms with Crippen molar-refractivity contribution in [3.05, 3.63) is 0 Å². The fourth-order valence-electron chi connectivity index (χ4n) is 0.911. The van der Waals surface area contributed by atoms with Crippen molar-refractivity contribution in [2.45, 2.75) is 26.1 Å². The van der Waals surface area contributed by atoms with Crippen molar-refractivity contribution >= 4 is 13.6 Å². The van der Waals surface area contributed by atoms with Crippen molar-refractivity contribution in [2.75, 3.05) is 19.9 Å². The molecule has 0 saturated carbocycles. The van der Waals surface area contributed by atoms with E-state index in [1.165, 1.54) is 13.8 Å². The molecule has 5 nitrogen and oxygen atoms in total. The Morgan fingerprint density at radius 3 is 2.18 bits per heavy atom. The number of carbonyl (C=O) groups excluding carboxylic acids is 1. The van der Waals surface area contributed by atoms with Gasteiger partial charge >= 0.3 is 19.7 Å². The number of alkyl halides is 3. The van der Waals surface area contributed by atoms with Crippen LogP contribution in [0, 0.1) is 0 Å². The Morgan fingerprint density at radius 2 is 1.82 bits per heavy atom. The number of esters is 1. The Kier molecular flexibility index (Phi) is 6.15. The number of halogens is 3. The number of hydrogen-bond donors (Lipinski definition) is 0. The van der Waals surface area contributed by atoms with Gasteiger partial charge in [-0.1, -0.05) is 0 Å². The van der Waals surface area contributed by atoms with Crippen LogP contribution in [0.3, 0.4) is 0 Å². The van der Waals surface area contributed by atoms with Gasteiger partial charge in [-0.3, -0.25) is 9.09 Å². The molecule has 0 spiro atoms. The smallest absolute Gasteiger partial charge is 0.426 e. The van der Waals surface area contributed by atoms with E-state index in [0.29, 0.717) is 0 Å². The van der Waals surface area contributed by atoms with Gasteiger partial charge in [-0.25, -0.2) is 4.79 Å². The number of hydrogen-bond acceptors (Lipinski definition) is 5. The maximum atomic E-state index is 12.5. The average molecular weight is 278 g/mol. The van der Waals surface area contributed by atoms with E-state index in [9.17, 15) is 22.5 Å². The lowest BCUT2D eigenvalue weighted by Gasteiger charge is -2.22. The van der Waals surface area contributed by atoms with Crippen LogP contribution >= 0.6 is 7.60 Å². The second kappa shape index (κ2) is 6.37. The minimum Gasteiger partial charge on any atom is -0.464 e. The average Bonchev–Trinajstić information content (AvgIpc) is 2.12. The molecule has 0 fully saturated rings. The van der Waals surface area contributed by atoms with E-state index < -0.39 is 25.8 Å². The molecule has 9 heteroatoms. The molecule has 0 heterocycles. The summed E-state index contributed by atoms with van der Waals surface area (Å²) in [5, 5.41) is 0. The number of carbonyl (C=O) groups is 1. The Bertz CT molecular complexity index is 304. The third-order valence-electron chi connectivity index (χ3n) is 1.46. The van der Waals surface area contributed by atoms with Crippen molar-refractivity contribution in [1.82, 2.24) is 0 Å². The van der Waals surface area contributed by atoms with Gasteiger partial charge in [0, 0.05) is 6.66 Å². The van der Waals surface area contributed by atoms with Crippen LogP contribution in [-0.4, -0.2) is 38.1 Å². The van der Waals surface area contributed by atoms with Crippen LogP contribution < -0.4 is 0 Å². The van der Waals surface area contributed by atoms with Crippen LogP contribution in [0.5, 0.6) is 0 Å². The highest BCUT2D eigenvalue weighted by Crippen LogP contribution is 2.47. The van der Waals surface area contributed by atoms with Crippen LogP contribution in [-0.2, 0) is 23.1 Å². The fourth-order valence-corrected chi connectivity index (χ4v) is 2.03. The normalized spacial score (nSPS) is 17.3. The summed E-state index contributed by atoms with van der Waals surface area (Å²) in [6, 6.07) is 0. The topological polar surface area (TPSA) is 61.8 Å². The van der Waals surface area contributed by atoms with Crippen molar-refractivity contribution in [3.8, 4) is 0 Å². The van der Waals surface area contributed by atoms with E-state index in [1.807, 2.05) is 0 Å². The largest absolute Gasteiger partial charge is 0.464 e. The molecule has 0 unspecified atom stereocenters. The molecule has 0 aliphatic rings. The first-order chi connectivity index (χ1) is 7.64. The third-order valence-corrected chi connectivity index (χ3v) is 2.78. The standard InChI is InChI=1S/C8H14F3O5P/c1-4-14-7(12)6(8(9,10)11)16-17(3,13)15-5-2/h6H,4-5H2,1-3H3/t6-,17-/m0/s1. The van der Waals surface area contributed by atoms with Crippen molar-refractivity contribution in [1.29, 1.82) is 0 Å². The molecule has 0 aliphatic carbocycles. The molecule has 0 amide bonds. The predicted molar refractivity (Wildman–Crippen MR) is 52.7 cm³/mol. The molecule has 2 atom stereocenters. The zero-order valence-electron chi connectivity index (χ0n) is 9.61. The summed E-state index contributed by atoms with van der Waals surface area (Å²) in [5.74, 6) is -1.64. The lowest BCUT2D eigenvalue weighted by Crippen LogP contribution is -2.39. The Balaban J connectivity index is 4.84. The molecular formula is C8H14F3O5P. The van der Waals surface area contributed by atoms with E-state index in [-0.39, 0.29) is 13.2 Å². The third kappa shape index (κ3) is 6.05. The Labute approximate surface area is 96.8 Å². The first-order valence-corrected chi connectivity index (χ1v) is 6.76. The van der Waals surface area contributed by atoms with E-state index >= 15 is 0 Å². The minimum absolute atomic E-state index is 0.0961. The minimum atomic E-state index is -5.00. The molecule has 0 rings (SSSR count). The second-order valence-electron chi connectivity index (χ2n) is 2.97. The molecular weight excluding hydrogens is 264 g/mol. The first-order valence-electron chi connectivity index (χ1n) is 4.77. The number of ether oxygens (including phenoxy) is 1. The van der Waals surface area contributed by atoms with Gasteiger partial charge in [0.2, 0.25) is 0 Å². The molecule has 0 aromatic carbocycles. The van der Waals surface area contributed by atoms with Gasteiger partial charge in [0.25, 0.3) is 6.10 Å². The summed E-state index contributed by atoms with van der Waals surface area (Å²) in [6.45, 7) is 3.30. The Morgan fingerprint density at radius 1 is 1.29 bits per heavy atom. The summed E-state index contributed by atoms with van der Waals surface area (Å²) in [6.07, 6.45) is -7.90. The van der Waals surface area contributed by atoms with Gasteiger partial charge in [-0.15, -0.1) is 0 Å². The monoisotopic (exact) mass is 278 g/mol. The predicted octanol–water partition coefficient (Wildman–Crippen LogP) is 2.36. The lowest BCUT2D eigenvalue weighted by atomic mass is 10.3. The molecule has 0 aromatic heterocycles. The quantitative estimate of drug-likeness (QED) is 0.551. The SMILES string of the molecule is CCOC(=O)[C@H](O[P@@](C)(=O)OCC)C(F)(F)F.